The summed E-state index contributed by atoms with van der Waals surface area (Å²) in [5.74, 6) is 0.384. The Labute approximate surface area is 114 Å². The molecule has 1 heterocycles. The van der Waals surface area contributed by atoms with E-state index in [0.717, 1.165) is 36.4 Å². The first kappa shape index (κ1) is 13.0. The maximum absolute atomic E-state index is 12.8. The van der Waals surface area contributed by atoms with E-state index in [0.29, 0.717) is 11.6 Å². The van der Waals surface area contributed by atoms with Gasteiger partial charge in [0.25, 0.3) is 0 Å². The maximum atomic E-state index is 12.8. The van der Waals surface area contributed by atoms with Gasteiger partial charge in [-0.1, -0.05) is 6.07 Å². The van der Waals surface area contributed by atoms with Crippen LogP contribution in [0.3, 0.4) is 0 Å². The lowest BCUT2D eigenvalue weighted by Crippen LogP contribution is -2.08. The fourth-order valence-corrected chi connectivity index (χ4v) is 2.32. The van der Waals surface area contributed by atoms with Gasteiger partial charge in [0.1, 0.15) is 0 Å². The molecule has 0 aliphatic heterocycles. The summed E-state index contributed by atoms with van der Waals surface area (Å²) in [6, 6.07) is 5.27. The van der Waals surface area contributed by atoms with Crippen molar-refractivity contribution < 1.29 is 13.2 Å². The van der Waals surface area contributed by atoms with Crippen LogP contribution in [-0.2, 0) is 6.18 Å². The topological polar surface area (TPSA) is 29.9 Å². The lowest BCUT2D eigenvalue weighted by atomic mass is 10.2. The van der Waals surface area contributed by atoms with Crippen LogP contribution in [0.15, 0.2) is 30.5 Å². The molecular weight excluding hydrogens is 267 g/mol. The highest BCUT2D eigenvalue weighted by Crippen LogP contribution is 2.44. The molecule has 1 aliphatic carbocycles. The summed E-state index contributed by atoms with van der Waals surface area (Å²) >= 11 is 0. The van der Waals surface area contributed by atoms with Crippen LogP contribution in [0, 0.1) is 0 Å². The number of hydrogen-bond donors (Lipinski definition) is 1. The Kier molecular flexibility index (Phi) is 2.96. The maximum Gasteiger partial charge on any atom is 0.416 e. The van der Waals surface area contributed by atoms with Crippen molar-refractivity contribution in [1.29, 1.82) is 0 Å². The van der Waals surface area contributed by atoms with Crippen molar-refractivity contribution in [3.8, 4) is 5.69 Å². The second-order valence-electron chi connectivity index (χ2n) is 4.93. The number of hydrogen-bond acceptors (Lipinski definition) is 2. The van der Waals surface area contributed by atoms with Gasteiger partial charge in [-0.2, -0.15) is 18.3 Å². The fraction of sp³-hybridized carbons (Fsp3) is 0.357. The van der Waals surface area contributed by atoms with Crippen molar-refractivity contribution in [2.75, 3.05) is 12.4 Å². The van der Waals surface area contributed by atoms with Crippen LogP contribution in [0.5, 0.6) is 0 Å². The van der Waals surface area contributed by atoms with Gasteiger partial charge in [0, 0.05) is 13.0 Å². The van der Waals surface area contributed by atoms with E-state index in [9.17, 15) is 13.2 Å². The van der Waals surface area contributed by atoms with Gasteiger partial charge in [-0.15, -0.1) is 0 Å². The Hall–Kier alpha value is -1.98. The summed E-state index contributed by atoms with van der Waals surface area (Å²) in [6.07, 6.45) is -0.568. The summed E-state index contributed by atoms with van der Waals surface area (Å²) < 4.78 is 40.0. The Morgan fingerprint density at radius 3 is 2.65 bits per heavy atom. The molecule has 1 saturated carbocycles. The predicted octanol–water partition coefficient (Wildman–Crippen LogP) is 3.81. The van der Waals surface area contributed by atoms with E-state index < -0.39 is 11.7 Å². The number of halogens is 3. The molecule has 0 amide bonds. The standard InChI is InChI=1S/C14H14F3N3/c1-18-12-8-19-20(13(12)9-5-6-9)11-4-2-3-10(7-11)14(15,16)17/h2-4,7-9,18H,5-6H2,1H3. The quantitative estimate of drug-likeness (QED) is 0.927. The molecule has 106 valence electrons. The minimum atomic E-state index is -4.34. The highest BCUT2D eigenvalue weighted by molar-refractivity contribution is 5.53. The van der Waals surface area contributed by atoms with E-state index >= 15 is 0 Å². The number of aromatic nitrogens is 2. The smallest absolute Gasteiger partial charge is 0.385 e. The molecule has 1 aromatic carbocycles. The first-order valence-corrected chi connectivity index (χ1v) is 6.44. The number of anilines is 1. The van der Waals surface area contributed by atoms with Crippen molar-refractivity contribution in [2.45, 2.75) is 24.9 Å². The van der Waals surface area contributed by atoms with Crippen LogP contribution >= 0.6 is 0 Å². The van der Waals surface area contributed by atoms with Gasteiger partial charge in [0.05, 0.1) is 28.8 Å². The zero-order valence-corrected chi connectivity index (χ0v) is 10.9. The molecule has 2 aromatic rings. The van der Waals surface area contributed by atoms with Crippen LogP contribution in [0.2, 0.25) is 0 Å². The van der Waals surface area contributed by atoms with Crippen molar-refractivity contribution in [3.63, 3.8) is 0 Å². The Morgan fingerprint density at radius 1 is 1.30 bits per heavy atom. The van der Waals surface area contributed by atoms with Gasteiger partial charge in [0.15, 0.2) is 0 Å². The Balaban J connectivity index is 2.07. The largest absolute Gasteiger partial charge is 0.416 e. The van der Waals surface area contributed by atoms with E-state index in [-0.39, 0.29) is 0 Å². The summed E-state index contributed by atoms with van der Waals surface area (Å²) in [5.41, 5.74) is 1.64. The summed E-state index contributed by atoms with van der Waals surface area (Å²) in [7, 11) is 1.79. The average Bonchev–Trinajstić information content (AvgIpc) is 3.17. The molecule has 1 aromatic heterocycles. The van der Waals surface area contributed by atoms with Crippen LogP contribution in [0.1, 0.15) is 30.0 Å². The number of nitrogens with one attached hydrogen (secondary N) is 1. The SMILES string of the molecule is CNc1cnn(-c2cccc(C(F)(F)F)c2)c1C1CC1. The van der Waals surface area contributed by atoms with E-state index in [1.54, 1.807) is 24.0 Å². The molecule has 3 nitrogen and oxygen atoms in total. The molecule has 0 bridgehead atoms. The molecule has 1 fully saturated rings. The van der Waals surface area contributed by atoms with Gasteiger partial charge in [0.2, 0.25) is 0 Å². The third-order valence-electron chi connectivity index (χ3n) is 3.46. The van der Waals surface area contributed by atoms with Crippen LogP contribution in [-0.4, -0.2) is 16.8 Å². The molecule has 6 heteroatoms. The Bertz CT molecular complexity index is 627. The Morgan fingerprint density at radius 2 is 2.05 bits per heavy atom. The van der Waals surface area contributed by atoms with E-state index in [4.69, 9.17) is 0 Å². The summed E-state index contributed by atoms with van der Waals surface area (Å²) in [4.78, 5) is 0. The van der Waals surface area contributed by atoms with Gasteiger partial charge in [-0.3, -0.25) is 0 Å². The molecule has 20 heavy (non-hydrogen) atoms. The second kappa shape index (κ2) is 4.54. The van der Waals surface area contributed by atoms with E-state index in [2.05, 4.69) is 10.4 Å². The summed E-state index contributed by atoms with van der Waals surface area (Å²) in [6.45, 7) is 0. The van der Waals surface area contributed by atoms with Crippen molar-refractivity contribution in [2.24, 2.45) is 0 Å². The van der Waals surface area contributed by atoms with Gasteiger partial charge in [-0.25, -0.2) is 4.68 Å². The van der Waals surface area contributed by atoms with Crippen LogP contribution in [0.4, 0.5) is 18.9 Å². The lowest BCUT2D eigenvalue weighted by Gasteiger charge is -2.11. The number of alkyl halides is 3. The third-order valence-corrected chi connectivity index (χ3v) is 3.46. The third kappa shape index (κ3) is 2.26. The highest BCUT2D eigenvalue weighted by Gasteiger charge is 2.33. The molecular formula is C14H14F3N3. The minimum absolute atomic E-state index is 0.384. The zero-order chi connectivity index (χ0) is 14.3. The number of benzene rings is 1. The van der Waals surface area contributed by atoms with Crippen LogP contribution in [0.25, 0.3) is 5.69 Å². The van der Waals surface area contributed by atoms with E-state index in [1.165, 1.54) is 6.07 Å². The molecule has 0 atom stereocenters. The van der Waals surface area contributed by atoms with Gasteiger partial charge >= 0.3 is 6.18 Å². The van der Waals surface area contributed by atoms with Crippen LogP contribution < -0.4 is 5.32 Å². The number of rotatable bonds is 3. The molecule has 0 radical (unpaired) electrons. The molecule has 0 spiro atoms. The monoisotopic (exact) mass is 281 g/mol. The predicted molar refractivity (Wildman–Crippen MR) is 70.1 cm³/mol. The lowest BCUT2D eigenvalue weighted by molar-refractivity contribution is -0.137. The molecule has 1 aliphatic rings. The first-order chi connectivity index (χ1) is 9.50. The molecule has 1 N–H and O–H groups in total. The minimum Gasteiger partial charge on any atom is -0.385 e. The molecule has 3 rings (SSSR count). The molecule has 0 saturated heterocycles. The second-order valence-corrected chi connectivity index (χ2v) is 4.93. The number of nitrogens with zero attached hydrogens (tertiary/aromatic N) is 2. The van der Waals surface area contributed by atoms with Gasteiger partial charge < -0.3 is 5.32 Å². The highest BCUT2D eigenvalue weighted by atomic mass is 19.4. The zero-order valence-electron chi connectivity index (χ0n) is 10.9. The molecule has 0 unspecified atom stereocenters. The summed E-state index contributed by atoms with van der Waals surface area (Å²) in [5, 5.41) is 7.27. The fourth-order valence-electron chi connectivity index (χ4n) is 2.32. The first-order valence-electron chi connectivity index (χ1n) is 6.44. The van der Waals surface area contributed by atoms with E-state index in [1.807, 2.05) is 0 Å². The van der Waals surface area contributed by atoms with Crippen molar-refractivity contribution >= 4 is 5.69 Å². The van der Waals surface area contributed by atoms with Crippen molar-refractivity contribution in [3.05, 3.63) is 41.7 Å². The van der Waals surface area contributed by atoms with Gasteiger partial charge in [-0.05, 0) is 31.0 Å². The normalized spacial score (nSPS) is 15.4. The average molecular weight is 281 g/mol. The van der Waals surface area contributed by atoms with Crippen molar-refractivity contribution in [1.82, 2.24) is 9.78 Å².